The molecule has 0 aromatic heterocycles. The number of fused-ring (bicyclic) bond motifs is 1. The van der Waals surface area contributed by atoms with Crippen LogP contribution in [0.4, 0.5) is 11.4 Å². The molecule has 1 aliphatic rings. The molecule has 3 N–H and O–H groups in total. The zero-order valence-corrected chi connectivity index (χ0v) is 20.5. The van der Waals surface area contributed by atoms with E-state index in [0.29, 0.717) is 22.9 Å². The number of anilines is 2. The number of carboxylic acids is 1. The summed E-state index contributed by atoms with van der Waals surface area (Å²) in [6, 6.07) is 13.7. The van der Waals surface area contributed by atoms with Gasteiger partial charge in [-0.1, -0.05) is 38.5 Å². The van der Waals surface area contributed by atoms with Gasteiger partial charge in [-0.05, 0) is 37.3 Å². The summed E-state index contributed by atoms with van der Waals surface area (Å²) in [5, 5.41) is 8.96. The number of thioether (sulfide) groups is 1. The Morgan fingerprint density at radius 1 is 1.22 bits per heavy atom. The van der Waals surface area contributed by atoms with Gasteiger partial charge in [0.25, 0.3) is 0 Å². The van der Waals surface area contributed by atoms with Crippen molar-refractivity contribution in [3.8, 4) is 5.75 Å². The molecule has 0 saturated carbocycles. The van der Waals surface area contributed by atoms with Crippen molar-refractivity contribution in [3.63, 3.8) is 0 Å². The summed E-state index contributed by atoms with van der Waals surface area (Å²) in [5.41, 5.74) is 1.54. The van der Waals surface area contributed by atoms with Crippen molar-refractivity contribution in [3.05, 3.63) is 42.5 Å². The lowest BCUT2D eigenvalue weighted by Crippen LogP contribution is -2.37. The molecule has 0 bridgehead atoms. The van der Waals surface area contributed by atoms with Gasteiger partial charge in [0.1, 0.15) is 5.75 Å². The number of carbonyl (C=O) groups is 1. The van der Waals surface area contributed by atoms with Gasteiger partial charge in [-0.25, -0.2) is 0 Å². The fourth-order valence-electron chi connectivity index (χ4n) is 4.41. The van der Waals surface area contributed by atoms with Gasteiger partial charge in [-0.15, -0.1) is 11.8 Å². The number of para-hydroxylation sites is 1. The van der Waals surface area contributed by atoms with Crippen molar-refractivity contribution in [2.45, 2.75) is 49.3 Å². The van der Waals surface area contributed by atoms with Crippen LogP contribution >= 0.6 is 22.4 Å². The molecule has 1 unspecified atom stereocenters. The Labute approximate surface area is 196 Å². The van der Waals surface area contributed by atoms with E-state index in [0.717, 1.165) is 35.5 Å². The molecule has 0 fully saturated rings. The number of carboxylic acid groups (broad SMARTS) is 1. The van der Waals surface area contributed by atoms with Crippen LogP contribution in [0.2, 0.25) is 0 Å². The Morgan fingerprint density at radius 3 is 2.53 bits per heavy atom. The first-order chi connectivity index (χ1) is 15.2. The summed E-state index contributed by atoms with van der Waals surface area (Å²) in [7, 11) is -3.10. The van der Waals surface area contributed by atoms with Crippen LogP contribution in [0, 0.1) is 5.41 Å². The van der Waals surface area contributed by atoms with E-state index < -0.39 is 16.6 Å². The lowest BCUT2D eigenvalue weighted by atomic mass is 9.82. The fourth-order valence-corrected chi connectivity index (χ4v) is 7.20. The number of aliphatic carboxylic acids is 1. The van der Waals surface area contributed by atoms with Crippen molar-refractivity contribution < 1.29 is 23.7 Å². The van der Waals surface area contributed by atoms with Crippen LogP contribution in [0.15, 0.2) is 52.3 Å². The first kappa shape index (κ1) is 24.8. The Balaban J connectivity index is 2.17. The molecule has 0 spiro atoms. The smallest absolute Gasteiger partial charge is 0.306 e. The van der Waals surface area contributed by atoms with Gasteiger partial charge < -0.3 is 14.7 Å². The molecule has 2 aromatic carbocycles. The molecule has 0 aliphatic carbocycles. The molecule has 1 atom stereocenters. The first-order valence-electron chi connectivity index (χ1n) is 10.9. The lowest BCUT2D eigenvalue weighted by Gasteiger charge is -2.41. The topological polar surface area (TPSA) is 90.2 Å². The SMILES string of the molecule is CCCC1(CC)CN(c2ccccc2)c2cc(SC)c(OCCC(=O)O)cc2S(O)(O)C1. The van der Waals surface area contributed by atoms with Crippen molar-refractivity contribution >= 4 is 39.7 Å². The molecular formula is C24H33NO5S2. The number of benzene rings is 2. The maximum absolute atomic E-state index is 11.4. The average Bonchev–Trinajstić information content (AvgIpc) is 2.86. The lowest BCUT2D eigenvalue weighted by molar-refractivity contribution is -0.137. The van der Waals surface area contributed by atoms with E-state index in [-0.39, 0.29) is 18.4 Å². The average molecular weight is 480 g/mol. The highest BCUT2D eigenvalue weighted by Gasteiger charge is 2.41. The summed E-state index contributed by atoms with van der Waals surface area (Å²) in [5.74, 6) is -0.143. The molecule has 3 rings (SSSR count). The third-order valence-corrected chi connectivity index (χ3v) is 8.87. The quantitative estimate of drug-likeness (QED) is 0.344. The van der Waals surface area contributed by atoms with E-state index in [2.05, 4.69) is 18.7 Å². The Bertz CT molecular complexity index is 937. The number of nitrogens with zero attached hydrogens (tertiary/aromatic N) is 1. The summed E-state index contributed by atoms with van der Waals surface area (Å²) in [4.78, 5) is 14.4. The monoisotopic (exact) mass is 479 g/mol. The second-order valence-corrected chi connectivity index (χ2v) is 11.2. The standard InChI is InChI=1S/C24H33NO5S2/c1-4-12-24(5-2)16-25(18-9-7-6-8-10-18)19-14-21(31-3)20(30-13-11-23(26)27)15-22(19)32(28,29)17-24/h6-10,14-15,28-29H,4-5,11-13,16-17H2,1-3H3,(H,26,27). The highest BCUT2D eigenvalue weighted by Crippen LogP contribution is 2.62. The number of rotatable bonds is 9. The van der Waals surface area contributed by atoms with Crippen molar-refractivity contribution in [2.24, 2.45) is 5.41 Å². The van der Waals surface area contributed by atoms with Gasteiger partial charge in [-0.3, -0.25) is 13.9 Å². The third kappa shape index (κ3) is 5.36. The molecule has 0 amide bonds. The minimum atomic E-state index is -3.10. The molecule has 8 heteroatoms. The van der Waals surface area contributed by atoms with E-state index >= 15 is 0 Å². The zero-order valence-electron chi connectivity index (χ0n) is 18.9. The highest BCUT2D eigenvalue weighted by atomic mass is 32.3. The van der Waals surface area contributed by atoms with Gasteiger partial charge in [0.05, 0.1) is 28.5 Å². The summed E-state index contributed by atoms with van der Waals surface area (Å²) < 4.78 is 28.6. The second kappa shape index (κ2) is 10.4. The maximum Gasteiger partial charge on any atom is 0.306 e. The maximum atomic E-state index is 11.4. The summed E-state index contributed by atoms with van der Waals surface area (Å²) in [6.07, 6.45) is 4.51. The van der Waals surface area contributed by atoms with Gasteiger partial charge in [-0.2, -0.15) is 10.6 Å². The zero-order chi connectivity index (χ0) is 23.4. The van der Waals surface area contributed by atoms with Crippen LogP contribution in [0.3, 0.4) is 0 Å². The van der Waals surface area contributed by atoms with E-state index in [1.165, 1.54) is 11.8 Å². The van der Waals surface area contributed by atoms with Gasteiger partial charge in [0.15, 0.2) is 0 Å². The van der Waals surface area contributed by atoms with Crippen LogP contribution in [0.25, 0.3) is 0 Å². The molecule has 0 radical (unpaired) electrons. The minimum Gasteiger partial charge on any atom is -0.492 e. The normalized spacial score (nSPS) is 20.8. The molecule has 6 nitrogen and oxygen atoms in total. The highest BCUT2D eigenvalue weighted by molar-refractivity contribution is 8.24. The Morgan fingerprint density at radius 2 is 1.94 bits per heavy atom. The molecule has 176 valence electrons. The molecule has 0 saturated heterocycles. The first-order valence-corrected chi connectivity index (χ1v) is 13.8. The summed E-state index contributed by atoms with van der Waals surface area (Å²) >= 11 is 1.49. The van der Waals surface area contributed by atoms with E-state index in [9.17, 15) is 13.9 Å². The molecule has 1 heterocycles. The number of hydrogen-bond donors (Lipinski definition) is 3. The molecule has 32 heavy (non-hydrogen) atoms. The Kier molecular flexibility index (Phi) is 8.03. The van der Waals surface area contributed by atoms with Crippen LogP contribution in [0.5, 0.6) is 5.75 Å². The minimum absolute atomic E-state index is 0.0258. The Hall–Kier alpha value is -1.87. The third-order valence-electron chi connectivity index (χ3n) is 6.06. The van der Waals surface area contributed by atoms with Crippen LogP contribution in [-0.4, -0.2) is 45.3 Å². The molecule has 1 aliphatic heterocycles. The van der Waals surface area contributed by atoms with Crippen molar-refractivity contribution in [2.75, 3.05) is 30.1 Å². The van der Waals surface area contributed by atoms with Gasteiger partial charge in [0, 0.05) is 29.5 Å². The van der Waals surface area contributed by atoms with Crippen molar-refractivity contribution in [1.29, 1.82) is 0 Å². The van der Waals surface area contributed by atoms with E-state index in [4.69, 9.17) is 9.84 Å². The van der Waals surface area contributed by atoms with E-state index in [1.807, 2.05) is 42.7 Å². The number of hydrogen-bond acceptors (Lipinski definition) is 6. The predicted molar refractivity (Wildman–Crippen MR) is 133 cm³/mol. The van der Waals surface area contributed by atoms with Crippen molar-refractivity contribution in [1.82, 2.24) is 0 Å². The van der Waals surface area contributed by atoms with E-state index in [1.54, 1.807) is 6.07 Å². The predicted octanol–water partition coefficient (Wildman–Crippen LogP) is 6.72. The molecular weight excluding hydrogens is 446 g/mol. The number of ether oxygens (including phenoxy) is 1. The fraction of sp³-hybridized carbons (Fsp3) is 0.458. The van der Waals surface area contributed by atoms with Gasteiger partial charge in [0.2, 0.25) is 0 Å². The van der Waals surface area contributed by atoms with Crippen LogP contribution < -0.4 is 9.64 Å². The largest absolute Gasteiger partial charge is 0.492 e. The second-order valence-electron chi connectivity index (χ2n) is 8.30. The summed E-state index contributed by atoms with van der Waals surface area (Å²) in [6.45, 7) is 4.97. The van der Waals surface area contributed by atoms with Gasteiger partial charge >= 0.3 is 5.97 Å². The van der Waals surface area contributed by atoms with Crippen LogP contribution in [0.1, 0.15) is 39.5 Å². The van der Waals surface area contributed by atoms with Crippen LogP contribution in [-0.2, 0) is 4.79 Å². The molecule has 2 aromatic rings.